The van der Waals surface area contributed by atoms with Crippen molar-refractivity contribution in [3.63, 3.8) is 0 Å². The molecule has 0 radical (unpaired) electrons. The summed E-state index contributed by atoms with van der Waals surface area (Å²) in [4.78, 5) is 0. The lowest BCUT2D eigenvalue weighted by Gasteiger charge is -2.32. The summed E-state index contributed by atoms with van der Waals surface area (Å²) in [5.74, 6) is 1.06. The number of aliphatic hydroxyl groups is 4. The molecule has 4 atom stereocenters. The molecule has 0 fully saturated rings. The second-order valence-electron chi connectivity index (χ2n) is 13.5. The number of fused-ring (bicyclic) bond motifs is 1. The van der Waals surface area contributed by atoms with E-state index in [-0.39, 0.29) is 69.3 Å². The van der Waals surface area contributed by atoms with Gasteiger partial charge in [-0.15, -0.1) is 0 Å². The molecule has 300 valence electrons. The number of benzene rings is 3. The van der Waals surface area contributed by atoms with E-state index in [4.69, 9.17) is 45.3 Å². The first-order chi connectivity index (χ1) is 26.6. The topological polar surface area (TPSA) is 255 Å². The van der Waals surface area contributed by atoms with E-state index in [0.717, 1.165) is 5.56 Å². The number of aliphatic hydroxyl groups excluding tert-OH is 4. The van der Waals surface area contributed by atoms with Gasteiger partial charge in [0.2, 0.25) is 0 Å². The van der Waals surface area contributed by atoms with Gasteiger partial charge < -0.3 is 75.8 Å². The highest BCUT2D eigenvalue weighted by atomic mass is 16.6. The maximum Gasteiger partial charge on any atom is 0.495 e. The Bertz CT molecular complexity index is 1630. The molecular weight excluding hydrogens is 711 g/mol. The predicted molar refractivity (Wildman–Crippen MR) is 211 cm³/mol. The van der Waals surface area contributed by atoms with Crippen LogP contribution < -0.4 is 47.8 Å². The summed E-state index contributed by atoms with van der Waals surface area (Å²) in [5.41, 5.74) is 19.3. The van der Waals surface area contributed by atoms with Crippen molar-refractivity contribution in [2.45, 2.75) is 69.9 Å². The Balaban J connectivity index is 1.49. The Hall–Kier alpha value is -3.23. The first-order valence-corrected chi connectivity index (χ1v) is 18.9. The molecule has 1 heterocycles. The van der Waals surface area contributed by atoms with E-state index in [9.17, 15) is 30.5 Å². The fraction of sp³-hybridized carbons (Fsp3) is 0.514. The average molecular weight is 767 g/mol. The lowest BCUT2D eigenvalue weighted by atomic mass is 9.68. The SMILES string of the molecule is CCC(C)(CCCOc1cccc2c1B(OB(O)c1c(OCCCO)cccc1C(O)CN)OC2CN)OB(O)c1c(OCCCO)cccc1C(O)CN. The van der Waals surface area contributed by atoms with Crippen molar-refractivity contribution in [1.82, 2.24) is 0 Å². The summed E-state index contributed by atoms with van der Waals surface area (Å²) < 4.78 is 36.6. The van der Waals surface area contributed by atoms with Gasteiger partial charge in [-0.2, -0.15) is 0 Å². The first kappa shape index (κ1) is 44.5. The quantitative estimate of drug-likeness (QED) is 0.0373. The molecule has 55 heavy (non-hydrogen) atoms. The predicted octanol–water partition coefficient (Wildman–Crippen LogP) is -0.945. The van der Waals surface area contributed by atoms with Gasteiger partial charge in [0.1, 0.15) is 17.2 Å². The van der Waals surface area contributed by atoms with Crippen LogP contribution in [0.1, 0.15) is 81.0 Å². The minimum Gasteiger partial charge on any atom is -0.494 e. The molecule has 3 aromatic carbocycles. The van der Waals surface area contributed by atoms with E-state index >= 15 is 0 Å². The maximum atomic E-state index is 11.5. The van der Waals surface area contributed by atoms with E-state index in [0.29, 0.717) is 60.2 Å². The van der Waals surface area contributed by atoms with E-state index in [2.05, 4.69) is 0 Å². The van der Waals surface area contributed by atoms with Gasteiger partial charge >= 0.3 is 21.4 Å². The van der Waals surface area contributed by atoms with E-state index in [1.807, 2.05) is 26.0 Å². The third-order valence-corrected chi connectivity index (χ3v) is 9.67. The van der Waals surface area contributed by atoms with E-state index in [1.165, 1.54) is 0 Å². The van der Waals surface area contributed by atoms with Crippen molar-refractivity contribution in [3.8, 4) is 17.2 Å². The van der Waals surface area contributed by atoms with Crippen molar-refractivity contribution < 1.29 is 58.6 Å². The molecule has 12 N–H and O–H groups in total. The molecule has 1 aliphatic rings. The Kier molecular flexibility index (Phi) is 17.7. The highest BCUT2D eigenvalue weighted by Crippen LogP contribution is 2.30. The van der Waals surface area contributed by atoms with Crippen molar-refractivity contribution in [2.75, 3.05) is 52.7 Å². The Morgan fingerprint density at radius 3 is 1.80 bits per heavy atom. The average Bonchev–Trinajstić information content (AvgIpc) is 3.56. The van der Waals surface area contributed by atoms with Gasteiger partial charge in [0, 0.05) is 62.1 Å². The summed E-state index contributed by atoms with van der Waals surface area (Å²) in [6.07, 6.45) is -0.424. The Morgan fingerprint density at radius 2 is 1.27 bits per heavy atom. The standard InChI is InChI=1S/C37H56B3N3O12/c1-3-37(2,54-38(48)34-25(28(46)22-41)10-4-13-30(34)51-20-8-17-44)16-7-19-50-32-15-6-12-27-33(24-43)53-40(36(27)32)55-39(49)35-26(29(47)23-42)11-5-14-31(35)52-21-9-18-45/h4-6,10-15,28-29,33,44-49H,3,7-9,16-24,41-43H2,1-2H3. The van der Waals surface area contributed by atoms with Gasteiger partial charge in [0.05, 0.1) is 43.7 Å². The second kappa shape index (κ2) is 21.9. The van der Waals surface area contributed by atoms with Gasteiger partial charge in [-0.1, -0.05) is 43.3 Å². The molecule has 0 aromatic heterocycles. The van der Waals surface area contributed by atoms with E-state index < -0.39 is 45.3 Å². The smallest absolute Gasteiger partial charge is 0.494 e. The van der Waals surface area contributed by atoms with Crippen molar-refractivity contribution in [3.05, 3.63) is 71.3 Å². The first-order valence-electron chi connectivity index (χ1n) is 18.9. The molecule has 15 nitrogen and oxygen atoms in total. The van der Waals surface area contributed by atoms with Gasteiger partial charge in [-0.25, -0.2) is 0 Å². The van der Waals surface area contributed by atoms with Gasteiger partial charge in [0.25, 0.3) is 0 Å². The van der Waals surface area contributed by atoms with Crippen LogP contribution in [0, 0.1) is 0 Å². The third kappa shape index (κ3) is 11.4. The molecule has 0 aliphatic carbocycles. The molecule has 18 heteroatoms. The van der Waals surface area contributed by atoms with Crippen LogP contribution in [0.5, 0.6) is 17.2 Å². The lowest BCUT2D eigenvalue weighted by molar-refractivity contribution is 0.0497. The molecule has 1 aliphatic heterocycles. The number of hydrogen-bond acceptors (Lipinski definition) is 15. The fourth-order valence-corrected chi connectivity index (χ4v) is 6.48. The lowest BCUT2D eigenvalue weighted by Crippen LogP contribution is -2.47. The molecule has 3 aromatic rings. The van der Waals surface area contributed by atoms with Crippen LogP contribution in [-0.2, 0) is 13.9 Å². The summed E-state index contributed by atoms with van der Waals surface area (Å²) in [5, 5.41) is 62.7. The molecule has 4 unspecified atom stereocenters. The van der Waals surface area contributed by atoms with Crippen LogP contribution in [0.15, 0.2) is 54.6 Å². The van der Waals surface area contributed by atoms with Crippen LogP contribution in [0.3, 0.4) is 0 Å². The molecule has 0 saturated heterocycles. The summed E-state index contributed by atoms with van der Waals surface area (Å²) in [6.45, 7) is 4.27. The Morgan fingerprint density at radius 1 is 0.764 bits per heavy atom. The third-order valence-electron chi connectivity index (χ3n) is 9.67. The fourth-order valence-electron chi connectivity index (χ4n) is 6.48. The van der Waals surface area contributed by atoms with Gasteiger partial charge in [-0.05, 0) is 61.1 Å². The Labute approximate surface area is 324 Å². The van der Waals surface area contributed by atoms with Gasteiger partial charge in [-0.3, -0.25) is 0 Å². The van der Waals surface area contributed by atoms with Crippen LogP contribution in [0.25, 0.3) is 0 Å². The van der Waals surface area contributed by atoms with Crippen molar-refractivity contribution in [2.24, 2.45) is 17.2 Å². The highest BCUT2D eigenvalue weighted by Gasteiger charge is 2.43. The molecular formula is C37H56B3N3O12. The van der Waals surface area contributed by atoms with Gasteiger partial charge in [0.15, 0.2) is 0 Å². The van der Waals surface area contributed by atoms with Crippen LogP contribution in [0.2, 0.25) is 0 Å². The van der Waals surface area contributed by atoms with Crippen LogP contribution in [0.4, 0.5) is 0 Å². The number of hydrogen-bond donors (Lipinski definition) is 9. The molecule has 0 amide bonds. The minimum absolute atomic E-state index is 0.0602. The summed E-state index contributed by atoms with van der Waals surface area (Å²) in [7, 11) is -4.16. The zero-order chi connectivity index (χ0) is 40.0. The minimum atomic E-state index is -1.62. The molecule has 0 bridgehead atoms. The highest BCUT2D eigenvalue weighted by molar-refractivity contribution is 6.75. The van der Waals surface area contributed by atoms with Crippen LogP contribution in [-0.4, -0.2) is 110 Å². The number of rotatable bonds is 25. The van der Waals surface area contributed by atoms with Crippen molar-refractivity contribution in [1.29, 1.82) is 0 Å². The van der Waals surface area contributed by atoms with E-state index in [1.54, 1.807) is 42.5 Å². The molecule has 0 saturated carbocycles. The zero-order valence-electron chi connectivity index (χ0n) is 31.7. The number of nitrogens with two attached hydrogens (primary N) is 3. The number of ether oxygens (including phenoxy) is 3. The second-order valence-corrected chi connectivity index (χ2v) is 13.5. The largest absolute Gasteiger partial charge is 0.495 e. The molecule has 4 rings (SSSR count). The van der Waals surface area contributed by atoms with Crippen LogP contribution >= 0.6 is 0 Å². The monoisotopic (exact) mass is 767 g/mol. The normalized spacial score (nSPS) is 16.0. The maximum absolute atomic E-state index is 11.5. The summed E-state index contributed by atoms with van der Waals surface area (Å²) in [6, 6.07) is 15.4. The zero-order valence-corrected chi connectivity index (χ0v) is 31.7. The molecule has 0 spiro atoms. The van der Waals surface area contributed by atoms with Crippen molar-refractivity contribution >= 4 is 37.7 Å². The summed E-state index contributed by atoms with van der Waals surface area (Å²) >= 11 is 0.